The summed E-state index contributed by atoms with van der Waals surface area (Å²) in [5, 5.41) is 0. The number of para-hydroxylation sites is 1. The van der Waals surface area contributed by atoms with E-state index in [1.165, 1.54) is 12.1 Å². The van der Waals surface area contributed by atoms with Gasteiger partial charge < -0.3 is 0 Å². The van der Waals surface area contributed by atoms with Crippen LogP contribution in [0.1, 0.15) is 0 Å². The van der Waals surface area contributed by atoms with Gasteiger partial charge in [0.2, 0.25) is 11.0 Å². The molecule has 62 valence electrons. The van der Waals surface area contributed by atoms with Gasteiger partial charge in [-0.25, -0.2) is 9.37 Å². The highest BCUT2D eigenvalue weighted by atomic mass is 19.2. The third kappa shape index (κ3) is 0.792. The number of hydrogen-bond acceptors (Lipinski definition) is 0. The Morgan fingerprint density at radius 2 is 2.00 bits per heavy atom. The summed E-state index contributed by atoms with van der Waals surface area (Å²) in [6.07, 6.45) is -1.21. The SMILES string of the molecule is Fc1cccc2c1[nH]c(F)[n+]2F. The van der Waals surface area contributed by atoms with Crippen molar-refractivity contribution in [2.75, 3.05) is 0 Å². The largest absolute Gasteiger partial charge is 0.481 e. The van der Waals surface area contributed by atoms with Crippen LogP contribution in [0.25, 0.3) is 11.0 Å². The van der Waals surface area contributed by atoms with E-state index >= 15 is 0 Å². The van der Waals surface area contributed by atoms with Gasteiger partial charge >= 0.3 is 6.08 Å². The monoisotopic (exact) mass is 173 g/mol. The number of H-pyrrole nitrogens is 1. The Labute approximate surface area is 65.2 Å². The van der Waals surface area contributed by atoms with Crippen molar-refractivity contribution in [1.82, 2.24) is 4.98 Å². The zero-order chi connectivity index (χ0) is 8.72. The lowest BCUT2D eigenvalue weighted by molar-refractivity contribution is -0.844. The number of benzene rings is 1. The first-order chi connectivity index (χ1) is 5.70. The minimum absolute atomic E-state index is 0.146. The minimum atomic E-state index is -1.21. The normalized spacial score (nSPS) is 10.9. The molecule has 2 aromatic rings. The molecule has 1 aromatic carbocycles. The molecule has 0 bridgehead atoms. The molecule has 0 radical (unpaired) electrons. The van der Waals surface area contributed by atoms with Crippen LogP contribution in [-0.2, 0) is 0 Å². The third-order valence-electron chi connectivity index (χ3n) is 1.60. The Kier molecular flexibility index (Phi) is 1.33. The quantitative estimate of drug-likeness (QED) is 0.622. The van der Waals surface area contributed by atoms with Gasteiger partial charge in [0, 0.05) is 9.27 Å². The van der Waals surface area contributed by atoms with Gasteiger partial charge in [0.05, 0.1) is 0 Å². The lowest BCUT2D eigenvalue weighted by Gasteiger charge is -1.83. The van der Waals surface area contributed by atoms with Crippen LogP contribution >= 0.6 is 0 Å². The van der Waals surface area contributed by atoms with Gasteiger partial charge in [0.15, 0.2) is 5.82 Å². The molecule has 5 heteroatoms. The molecule has 0 aliphatic carbocycles. The Balaban J connectivity index is 2.95. The van der Waals surface area contributed by atoms with Crippen molar-refractivity contribution in [2.45, 2.75) is 0 Å². The van der Waals surface area contributed by atoms with Crippen molar-refractivity contribution in [3.8, 4) is 0 Å². The summed E-state index contributed by atoms with van der Waals surface area (Å²) < 4.78 is 38.0. The van der Waals surface area contributed by atoms with Crippen molar-refractivity contribution in [3.63, 3.8) is 0 Å². The predicted octanol–water partition coefficient (Wildman–Crippen LogP) is 1.47. The summed E-state index contributed by atoms with van der Waals surface area (Å²) in [6.45, 7) is 0. The number of aromatic nitrogens is 2. The summed E-state index contributed by atoms with van der Waals surface area (Å²) in [4.78, 5) is 1.70. The summed E-state index contributed by atoms with van der Waals surface area (Å²) in [7, 11) is 0. The van der Waals surface area contributed by atoms with E-state index in [-0.39, 0.29) is 15.8 Å². The topological polar surface area (TPSA) is 19.7 Å². The van der Waals surface area contributed by atoms with Crippen LogP contribution in [0, 0.1) is 11.9 Å². The van der Waals surface area contributed by atoms with Crippen LogP contribution in [0.4, 0.5) is 13.3 Å². The zero-order valence-corrected chi connectivity index (χ0v) is 5.81. The molecule has 1 aromatic heterocycles. The van der Waals surface area contributed by atoms with Crippen LogP contribution in [0.5, 0.6) is 0 Å². The standard InChI is InChI=1S/C7H3F3N2/c8-4-2-1-3-5-6(4)11-7(9)12(5)10/h1-3H/p+1. The molecular weight excluding hydrogens is 169 g/mol. The average molecular weight is 173 g/mol. The first kappa shape index (κ1) is 7.15. The highest BCUT2D eigenvalue weighted by Crippen LogP contribution is 2.12. The predicted molar refractivity (Wildman–Crippen MR) is 34.9 cm³/mol. The van der Waals surface area contributed by atoms with E-state index < -0.39 is 11.9 Å². The summed E-state index contributed by atoms with van der Waals surface area (Å²) in [5.41, 5.74) is -0.315. The van der Waals surface area contributed by atoms with Crippen molar-refractivity contribution in [1.29, 1.82) is 0 Å². The van der Waals surface area contributed by atoms with Crippen molar-refractivity contribution < 1.29 is 18.1 Å². The van der Waals surface area contributed by atoms with E-state index in [2.05, 4.69) is 0 Å². The number of aromatic amines is 1. The Morgan fingerprint density at radius 3 is 2.67 bits per heavy atom. The lowest BCUT2D eigenvalue weighted by atomic mass is 10.3. The molecule has 0 saturated heterocycles. The van der Waals surface area contributed by atoms with E-state index in [0.717, 1.165) is 6.07 Å². The minimum Gasteiger partial charge on any atom is -0.205 e. The summed E-state index contributed by atoms with van der Waals surface area (Å²) in [6, 6.07) is 3.71. The second-order valence-electron chi connectivity index (χ2n) is 2.33. The molecule has 0 saturated carbocycles. The average Bonchev–Trinajstić information content (AvgIpc) is 2.32. The molecule has 12 heavy (non-hydrogen) atoms. The lowest BCUT2D eigenvalue weighted by Crippen LogP contribution is -2.24. The maximum Gasteiger partial charge on any atom is 0.481 e. The number of halogens is 3. The third-order valence-corrected chi connectivity index (χ3v) is 1.60. The molecule has 0 amide bonds. The molecule has 2 rings (SSSR count). The molecule has 0 atom stereocenters. The Morgan fingerprint density at radius 1 is 1.25 bits per heavy atom. The van der Waals surface area contributed by atoms with E-state index in [4.69, 9.17) is 0 Å². The molecular formula is C7H4F3N2+. The van der Waals surface area contributed by atoms with E-state index in [1.54, 1.807) is 0 Å². The number of imidazole rings is 1. The molecule has 0 unspecified atom stereocenters. The van der Waals surface area contributed by atoms with Gasteiger partial charge in [-0.1, -0.05) is 6.07 Å². The van der Waals surface area contributed by atoms with Gasteiger partial charge in [-0.05, 0) is 12.1 Å². The second kappa shape index (κ2) is 2.23. The van der Waals surface area contributed by atoms with Gasteiger partial charge in [0.25, 0.3) is 0 Å². The fourth-order valence-electron chi connectivity index (χ4n) is 1.06. The first-order valence-electron chi connectivity index (χ1n) is 3.24. The van der Waals surface area contributed by atoms with E-state index in [9.17, 15) is 13.3 Å². The highest BCUT2D eigenvalue weighted by Gasteiger charge is 2.20. The second-order valence-corrected chi connectivity index (χ2v) is 2.33. The van der Waals surface area contributed by atoms with Gasteiger partial charge in [0.1, 0.15) is 0 Å². The van der Waals surface area contributed by atoms with Crippen LogP contribution in [-0.4, -0.2) is 4.98 Å². The molecule has 1 heterocycles. The van der Waals surface area contributed by atoms with Crippen molar-refractivity contribution in [3.05, 3.63) is 30.1 Å². The van der Waals surface area contributed by atoms with Crippen molar-refractivity contribution in [2.24, 2.45) is 0 Å². The van der Waals surface area contributed by atoms with Gasteiger partial charge in [-0.15, -0.1) is 4.39 Å². The summed E-state index contributed by atoms with van der Waals surface area (Å²) >= 11 is 0. The highest BCUT2D eigenvalue weighted by molar-refractivity contribution is 5.71. The van der Waals surface area contributed by atoms with Crippen molar-refractivity contribution >= 4 is 11.0 Å². The Bertz CT molecular complexity index is 435. The number of nitrogens with zero attached hydrogens (tertiary/aromatic N) is 1. The van der Waals surface area contributed by atoms with Crippen LogP contribution in [0.3, 0.4) is 0 Å². The van der Waals surface area contributed by atoms with Gasteiger partial charge in [-0.2, -0.15) is 0 Å². The van der Waals surface area contributed by atoms with Gasteiger partial charge in [-0.3, -0.25) is 0 Å². The molecule has 2 nitrogen and oxygen atoms in total. The van der Waals surface area contributed by atoms with E-state index in [0.29, 0.717) is 0 Å². The maximum absolute atomic E-state index is 12.8. The molecule has 0 aliphatic rings. The molecule has 0 aliphatic heterocycles. The maximum atomic E-state index is 12.8. The van der Waals surface area contributed by atoms with E-state index in [1.807, 2.05) is 4.98 Å². The fraction of sp³-hybridized carbons (Fsp3) is 0. The zero-order valence-electron chi connectivity index (χ0n) is 5.81. The number of fused-ring (bicyclic) bond motifs is 1. The number of rotatable bonds is 0. The van der Waals surface area contributed by atoms with Crippen LogP contribution in [0.15, 0.2) is 18.2 Å². The molecule has 1 N–H and O–H groups in total. The van der Waals surface area contributed by atoms with Crippen LogP contribution in [0.2, 0.25) is 0 Å². The number of nitrogens with one attached hydrogen (secondary N) is 1. The smallest absolute Gasteiger partial charge is 0.205 e. The first-order valence-corrected chi connectivity index (χ1v) is 3.24. The number of hydrogen-bond donors (Lipinski definition) is 1. The molecule has 0 spiro atoms. The summed E-state index contributed by atoms with van der Waals surface area (Å²) in [5.74, 6) is -0.678. The van der Waals surface area contributed by atoms with Crippen LogP contribution < -0.4 is 4.79 Å². The Hall–Kier alpha value is -1.52. The molecule has 0 fully saturated rings. The fourth-order valence-corrected chi connectivity index (χ4v) is 1.06.